The number of carbonyl (C=O) groups is 2. The van der Waals surface area contributed by atoms with Gasteiger partial charge in [0.05, 0.1) is 11.8 Å². The van der Waals surface area contributed by atoms with E-state index < -0.39 is 29.7 Å². The van der Waals surface area contributed by atoms with Crippen molar-refractivity contribution in [1.29, 1.82) is 0 Å². The van der Waals surface area contributed by atoms with Gasteiger partial charge in [0.1, 0.15) is 0 Å². The van der Waals surface area contributed by atoms with Crippen LogP contribution in [-0.2, 0) is 22.3 Å². The monoisotopic (exact) mass is 411 g/mol. The van der Waals surface area contributed by atoms with Crippen LogP contribution in [0.5, 0.6) is 0 Å². The first-order valence-corrected chi connectivity index (χ1v) is 10.1. The Labute approximate surface area is 166 Å². The molecule has 0 radical (unpaired) electrons. The summed E-state index contributed by atoms with van der Waals surface area (Å²) in [7, 11) is 0. The summed E-state index contributed by atoms with van der Waals surface area (Å²) >= 11 is 0. The highest BCUT2D eigenvalue weighted by Crippen LogP contribution is 2.45. The van der Waals surface area contributed by atoms with Crippen LogP contribution in [0.2, 0.25) is 0 Å². The summed E-state index contributed by atoms with van der Waals surface area (Å²) in [6, 6.07) is 1.12. The number of aromatic nitrogens is 2. The van der Waals surface area contributed by atoms with Gasteiger partial charge < -0.3 is 10.4 Å². The summed E-state index contributed by atoms with van der Waals surface area (Å²) in [5.41, 5.74) is -0.276. The molecular formula is C20H24F3N3O3. The van der Waals surface area contributed by atoms with Crippen molar-refractivity contribution in [3.8, 4) is 0 Å². The van der Waals surface area contributed by atoms with Crippen molar-refractivity contribution in [2.75, 3.05) is 6.54 Å². The van der Waals surface area contributed by atoms with Crippen molar-refractivity contribution in [1.82, 2.24) is 15.1 Å². The Balaban J connectivity index is 1.34. The van der Waals surface area contributed by atoms with Crippen LogP contribution in [0.1, 0.15) is 49.4 Å². The molecule has 158 valence electrons. The van der Waals surface area contributed by atoms with Gasteiger partial charge in [0, 0.05) is 24.7 Å². The third-order valence-electron chi connectivity index (χ3n) is 6.28. The molecule has 0 aromatic carbocycles. The number of carboxylic acid groups (broad SMARTS) is 1. The first kappa shape index (κ1) is 20.0. The fourth-order valence-corrected chi connectivity index (χ4v) is 4.70. The van der Waals surface area contributed by atoms with Gasteiger partial charge >= 0.3 is 12.1 Å². The zero-order valence-electron chi connectivity index (χ0n) is 15.9. The Morgan fingerprint density at radius 2 is 1.79 bits per heavy atom. The highest BCUT2D eigenvalue weighted by atomic mass is 19.4. The van der Waals surface area contributed by atoms with E-state index in [1.54, 1.807) is 0 Å². The number of halogens is 3. The second-order valence-electron chi connectivity index (χ2n) is 8.27. The molecule has 1 aromatic heterocycles. The minimum absolute atomic E-state index is 0.0666. The number of rotatable bonds is 7. The number of hydrogen-bond donors (Lipinski definition) is 2. The first-order chi connectivity index (χ1) is 13.8. The molecule has 2 saturated carbocycles. The molecule has 0 saturated heterocycles. The van der Waals surface area contributed by atoms with Crippen molar-refractivity contribution in [2.45, 2.75) is 50.7 Å². The lowest BCUT2D eigenvalue weighted by atomic mass is 9.62. The molecule has 1 heterocycles. The van der Waals surface area contributed by atoms with E-state index in [4.69, 9.17) is 0 Å². The fourth-order valence-electron chi connectivity index (χ4n) is 4.70. The SMILES string of the molecule is O=C(O)[C@@H]1[C@H](C(=O)NCCCn2nc(C(F)(F)F)cc2C2CC2)[C@H]2C=C[C@H]1CC2. The summed E-state index contributed by atoms with van der Waals surface area (Å²) < 4.78 is 40.3. The molecule has 0 unspecified atom stereocenters. The summed E-state index contributed by atoms with van der Waals surface area (Å²) in [6.07, 6.45) is 3.14. The van der Waals surface area contributed by atoms with Crippen molar-refractivity contribution in [3.05, 3.63) is 29.6 Å². The predicted octanol–water partition coefficient (Wildman–Crippen LogP) is 3.20. The number of amides is 1. The van der Waals surface area contributed by atoms with Crippen LogP contribution in [0.15, 0.2) is 18.2 Å². The maximum absolute atomic E-state index is 13.0. The van der Waals surface area contributed by atoms with Crippen LogP contribution >= 0.6 is 0 Å². The molecule has 2 bridgehead atoms. The van der Waals surface area contributed by atoms with Crippen LogP contribution in [0.4, 0.5) is 13.2 Å². The average molecular weight is 411 g/mol. The minimum atomic E-state index is -4.47. The molecule has 9 heteroatoms. The smallest absolute Gasteiger partial charge is 0.435 e. The minimum Gasteiger partial charge on any atom is -0.481 e. The van der Waals surface area contributed by atoms with Gasteiger partial charge in [-0.1, -0.05) is 12.2 Å². The molecule has 1 aromatic rings. The van der Waals surface area contributed by atoms with E-state index in [1.165, 1.54) is 4.68 Å². The van der Waals surface area contributed by atoms with Crippen molar-refractivity contribution in [2.24, 2.45) is 23.7 Å². The molecule has 6 nitrogen and oxygen atoms in total. The number of hydrogen-bond acceptors (Lipinski definition) is 3. The van der Waals surface area contributed by atoms with Crippen LogP contribution in [0.25, 0.3) is 0 Å². The largest absolute Gasteiger partial charge is 0.481 e. The number of nitrogens with zero attached hydrogens (tertiary/aromatic N) is 2. The summed E-state index contributed by atoms with van der Waals surface area (Å²) in [5.74, 6) is -2.57. The van der Waals surface area contributed by atoms with Gasteiger partial charge in [-0.05, 0) is 50.0 Å². The Kier molecular flexibility index (Phi) is 5.16. The van der Waals surface area contributed by atoms with Gasteiger partial charge in [-0.2, -0.15) is 18.3 Å². The molecule has 4 atom stereocenters. The van der Waals surface area contributed by atoms with Gasteiger partial charge in [-0.3, -0.25) is 14.3 Å². The fraction of sp³-hybridized carbons (Fsp3) is 0.650. The van der Waals surface area contributed by atoms with Crippen LogP contribution in [-0.4, -0.2) is 33.3 Å². The van der Waals surface area contributed by atoms with Crippen LogP contribution in [0, 0.1) is 23.7 Å². The molecule has 4 aliphatic rings. The lowest BCUT2D eigenvalue weighted by Crippen LogP contribution is -2.49. The van der Waals surface area contributed by atoms with E-state index in [2.05, 4.69) is 10.4 Å². The van der Waals surface area contributed by atoms with E-state index in [0.29, 0.717) is 12.1 Å². The van der Waals surface area contributed by atoms with Crippen molar-refractivity contribution >= 4 is 11.9 Å². The third kappa shape index (κ3) is 4.04. The van der Waals surface area contributed by atoms with Gasteiger partial charge in [-0.25, -0.2) is 0 Å². The predicted molar refractivity (Wildman–Crippen MR) is 96.8 cm³/mol. The summed E-state index contributed by atoms with van der Waals surface area (Å²) in [6.45, 7) is 0.551. The molecule has 0 spiro atoms. The second kappa shape index (κ2) is 7.50. The zero-order valence-corrected chi connectivity index (χ0v) is 15.9. The van der Waals surface area contributed by atoms with Gasteiger partial charge in [-0.15, -0.1) is 0 Å². The quantitative estimate of drug-likeness (QED) is 0.533. The first-order valence-electron chi connectivity index (χ1n) is 10.1. The van der Waals surface area contributed by atoms with Gasteiger partial charge in [0.25, 0.3) is 0 Å². The van der Waals surface area contributed by atoms with Crippen molar-refractivity contribution in [3.63, 3.8) is 0 Å². The molecule has 1 amide bonds. The zero-order chi connectivity index (χ0) is 20.8. The topological polar surface area (TPSA) is 84.2 Å². The molecule has 29 heavy (non-hydrogen) atoms. The van der Waals surface area contributed by atoms with Crippen LogP contribution in [0.3, 0.4) is 0 Å². The number of aryl methyl sites for hydroxylation is 1. The van der Waals surface area contributed by atoms with E-state index in [9.17, 15) is 27.9 Å². The number of aliphatic carboxylic acids is 1. The number of allylic oxidation sites excluding steroid dienone is 2. The van der Waals surface area contributed by atoms with E-state index in [0.717, 1.165) is 31.7 Å². The van der Waals surface area contributed by atoms with E-state index in [-0.39, 0.29) is 36.8 Å². The summed E-state index contributed by atoms with van der Waals surface area (Å²) in [4.78, 5) is 24.3. The molecule has 5 rings (SSSR count). The summed E-state index contributed by atoms with van der Waals surface area (Å²) in [5, 5.41) is 16.0. The average Bonchev–Trinajstić information content (AvgIpc) is 3.43. The third-order valence-corrected chi connectivity index (χ3v) is 6.28. The van der Waals surface area contributed by atoms with E-state index >= 15 is 0 Å². The lowest BCUT2D eigenvalue weighted by molar-refractivity contribution is -0.153. The molecular weight excluding hydrogens is 387 g/mol. The van der Waals surface area contributed by atoms with Crippen molar-refractivity contribution < 1.29 is 27.9 Å². The molecule has 0 aliphatic heterocycles. The molecule has 4 aliphatic carbocycles. The number of nitrogens with one attached hydrogen (secondary N) is 1. The molecule has 2 fully saturated rings. The van der Waals surface area contributed by atoms with Gasteiger partial charge in [0.2, 0.25) is 5.91 Å². The van der Waals surface area contributed by atoms with Crippen LogP contribution < -0.4 is 5.32 Å². The van der Waals surface area contributed by atoms with Gasteiger partial charge in [0.15, 0.2) is 5.69 Å². The number of alkyl halides is 3. The lowest BCUT2D eigenvalue weighted by Gasteiger charge is -2.41. The maximum atomic E-state index is 13.0. The Morgan fingerprint density at radius 3 is 2.34 bits per heavy atom. The van der Waals surface area contributed by atoms with E-state index in [1.807, 2.05) is 12.2 Å². The number of carbonyl (C=O) groups excluding carboxylic acids is 1. The Hall–Kier alpha value is -2.32. The Bertz CT molecular complexity index is 829. The maximum Gasteiger partial charge on any atom is 0.435 e. The molecule has 2 N–H and O–H groups in total. The normalized spacial score (nSPS) is 28.5. The standard InChI is InChI=1S/C20H24F3N3O3/c21-20(22,23)15-10-14(11-2-3-11)26(25-15)9-1-8-24-18(27)16-12-4-6-13(7-5-12)17(16)19(28)29/h4,6,10-13,16-17H,1-3,5,7-9H2,(H,24,27)(H,28,29)/t12-,13-,16+,17-/m0/s1. The highest BCUT2D eigenvalue weighted by molar-refractivity contribution is 5.86. The number of carboxylic acids is 1. The second-order valence-corrected chi connectivity index (χ2v) is 8.27. The Morgan fingerprint density at radius 1 is 1.14 bits per heavy atom. The number of fused-ring (bicyclic) bond motifs is 2. The highest BCUT2D eigenvalue weighted by Gasteiger charge is 2.48.